The Labute approximate surface area is 186 Å². The Morgan fingerprint density at radius 3 is 2.58 bits per heavy atom. The van der Waals surface area contributed by atoms with Crippen molar-refractivity contribution in [3.8, 4) is 10.6 Å². The minimum atomic E-state index is -0.218. The molecule has 3 aromatic carbocycles. The van der Waals surface area contributed by atoms with Crippen LogP contribution >= 0.6 is 23.1 Å². The summed E-state index contributed by atoms with van der Waals surface area (Å²) in [5, 5.41) is 13.0. The van der Waals surface area contributed by atoms with Crippen molar-refractivity contribution in [2.45, 2.75) is 11.0 Å². The number of anilines is 1. The molecule has 2 heterocycles. The number of carbonyl (C=O) groups excluding carboxylic acids is 1. The van der Waals surface area contributed by atoms with E-state index in [0.717, 1.165) is 27.2 Å². The molecule has 2 aromatic heterocycles. The first-order valence-corrected chi connectivity index (χ1v) is 11.3. The van der Waals surface area contributed by atoms with Crippen LogP contribution in [0.15, 0.2) is 88.5 Å². The molecule has 152 valence electrons. The number of oxazole rings is 1. The fraction of sp³-hybridized carbons (Fsp3) is 0.0435. The topological polar surface area (TPSA) is 80.9 Å². The largest absolute Gasteiger partial charge is 0.431 e. The smallest absolute Gasteiger partial charge is 0.257 e. The first kappa shape index (κ1) is 19.5. The van der Waals surface area contributed by atoms with E-state index in [-0.39, 0.29) is 5.91 Å². The Balaban J connectivity index is 1.30. The number of aromatic nitrogens is 3. The van der Waals surface area contributed by atoms with Crippen LogP contribution in [-0.2, 0) is 5.75 Å². The Morgan fingerprint density at radius 2 is 1.71 bits per heavy atom. The highest BCUT2D eigenvalue weighted by molar-refractivity contribution is 7.98. The first-order valence-electron chi connectivity index (χ1n) is 9.53. The Bertz CT molecular complexity index is 1310. The van der Waals surface area contributed by atoms with Gasteiger partial charge in [-0.25, -0.2) is 4.98 Å². The van der Waals surface area contributed by atoms with Gasteiger partial charge in [-0.1, -0.05) is 83.8 Å². The number of nitrogens with zero attached hydrogens (tertiary/aromatic N) is 3. The summed E-state index contributed by atoms with van der Waals surface area (Å²) in [5.74, 6) is 0.339. The lowest BCUT2D eigenvalue weighted by molar-refractivity contribution is 0.102. The van der Waals surface area contributed by atoms with E-state index in [4.69, 9.17) is 4.42 Å². The molecule has 0 fully saturated rings. The van der Waals surface area contributed by atoms with E-state index in [2.05, 4.69) is 20.5 Å². The highest BCUT2D eigenvalue weighted by Gasteiger charge is 2.15. The SMILES string of the molecule is O=C(Nc1nnc(-c2ccccc2)s1)c1ccccc1CSc1nc2ccccc2o1. The molecule has 1 N–H and O–H groups in total. The summed E-state index contributed by atoms with van der Waals surface area (Å²) in [6, 6.07) is 24.9. The normalized spacial score (nSPS) is 11.0. The molecule has 5 aromatic rings. The molecule has 8 heteroatoms. The van der Waals surface area contributed by atoms with Crippen molar-refractivity contribution >= 4 is 45.2 Å². The maximum atomic E-state index is 12.9. The molecule has 31 heavy (non-hydrogen) atoms. The summed E-state index contributed by atoms with van der Waals surface area (Å²) in [5.41, 5.74) is 4.02. The van der Waals surface area contributed by atoms with Gasteiger partial charge in [0.25, 0.3) is 11.1 Å². The lowest BCUT2D eigenvalue weighted by Gasteiger charge is -2.07. The van der Waals surface area contributed by atoms with Crippen molar-refractivity contribution in [2.75, 3.05) is 5.32 Å². The summed E-state index contributed by atoms with van der Waals surface area (Å²) in [7, 11) is 0. The summed E-state index contributed by atoms with van der Waals surface area (Å²) in [6.07, 6.45) is 0. The van der Waals surface area contributed by atoms with Gasteiger partial charge >= 0.3 is 0 Å². The van der Waals surface area contributed by atoms with Crippen LogP contribution in [0.5, 0.6) is 0 Å². The number of fused-ring (bicyclic) bond motifs is 1. The molecule has 0 atom stereocenters. The number of carbonyl (C=O) groups is 1. The second-order valence-corrected chi connectivity index (χ2v) is 8.53. The molecule has 0 aliphatic carbocycles. The number of thioether (sulfide) groups is 1. The summed E-state index contributed by atoms with van der Waals surface area (Å²) in [6.45, 7) is 0. The quantitative estimate of drug-likeness (QED) is 0.329. The van der Waals surface area contributed by atoms with Gasteiger partial charge in [-0.3, -0.25) is 10.1 Å². The molecule has 1 amide bonds. The fourth-order valence-corrected chi connectivity index (χ4v) is 4.64. The van der Waals surface area contributed by atoms with Gasteiger partial charge in [0.1, 0.15) is 10.5 Å². The molecule has 0 saturated carbocycles. The minimum absolute atomic E-state index is 0.218. The molecule has 5 rings (SSSR count). The number of amides is 1. The van der Waals surface area contributed by atoms with Crippen LogP contribution in [0.25, 0.3) is 21.7 Å². The van der Waals surface area contributed by atoms with Gasteiger partial charge in [-0.15, -0.1) is 10.2 Å². The third kappa shape index (κ3) is 4.35. The average Bonchev–Trinajstić information content (AvgIpc) is 3.45. The van der Waals surface area contributed by atoms with Crippen molar-refractivity contribution in [3.05, 3.63) is 90.0 Å². The van der Waals surface area contributed by atoms with Gasteiger partial charge in [-0.2, -0.15) is 0 Å². The fourth-order valence-electron chi connectivity index (χ4n) is 3.06. The lowest BCUT2D eigenvalue weighted by atomic mass is 10.1. The maximum Gasteiger partial charge on any atom is 0.257 e. The zero-order chi connectivity index (χ0) is 21.0. The van der Waals surface area contributed by atoms with Crippen LogP contribution in [0.2, 0.25) is 0 Å². The van der Waals surface area contributed by atoms with E-state index in [0.29, 0.717) is 21.7 Å². The summed E-state index contributed by atoms with van der Waals surface area (Å²) in [4.78, 5) is 17.4. The zero-order valence-electron chi connectivity index (χ0n) is 16.2. The van der Waals surface area contributed by atoms with E-state index in [1.54, 1.807) is 6.07 Å². The molecular formula is C23H16N4O2S2. The third-order valence-electron chi connectivity index (χ3n) is 4.55. The second-order valence-electron chi connectivity index (χ2n) is 6.63. The highest BCUT2D eigenvalue weighted by atomic mass is 32.2. The molecule has 0 bridgehead atoms. The Hall–Kier alpha value is -3.49. The molecule has 0 radical (unpaired) electrons. The van der Waals surface area contributed by atoms with Gasteiger partial charge < -0.3 is 4.42 Å². The minimum Gasteiger partial charge on any atom is -0.431 e. The van der Waals surface area contributed by atoms with Crippen LogP contribution in [0.3, 0.4) is 0 Å². The van der Waals surface area contributed by atoms with Crippen LogP contribution in [0.1, 0.15) is 15.9 Å². The third-order valence-corrected chi connectivity index (χ3v) is 6.32. The Morgan fingerprint density at radius 1 is 0.935 bits per heavy atom. The molecule has 6 nitrogen and oxygen atoms in total. The predicted octanol–water partition coefficient (Wildman–Crippen LogP) is 5.89. The molecule has 0 aliphatic heterocycles. The molecule has 0 saturated heterocycles. The Kier molecular flexibility index (Phi) is 5.47. The summed E-state index contributed by atoms with van der Waals surface area (Å²) >= 11 is 2.80. The van der Waals surface area contributed by atoms with Crippen molar-refractivity contribution in [1.82, 2.24) is 15.2 Å². The van der Waals surface area contributed by atoms with E-state index < -0.39 is 0 Å². The standard InChI is InChI=1S/C23H16N4O2S2/c28-20(25-22-27-26-21(31-22)15-8-2-1-3-9-15)17-11-5-4-10-16(17)14-30-23-24-18-12-6-7-13-19(18)29-23/h1-13H,14H2,(H,25,27,28). The van der Waals surface area contributed by atoms with E-state index in [9.17, 15) is 4.79 Å². The number of para-hydroxylation sites is 2. The van der Waals surface area contributed by atoms with Crippen molar-refractivity contribution in [2.24, 2.45) is 0 Å². The van der Waals surface area contributed by atoms with Gasteiger partial charge in [-0.05, 0) is 23.8 Å². The van der Waals surface area contributed by atoms with Crippen LogP contribution in [0.4, 0.5) is 5.13 Å². The van der Waals surface area contributed by atoms with Gasteiger partial charge in [0.05, 0.1) is 0 Å². The van der Waals surface area contributed by atoms with E-state index in [1.165, 1.54) is 23.1 Å². The van der Waals surface area contributed by atoms with Crippen LogP contribution in [0, 0.1) is 0 Å². The van der Waals surface area contributed by atoms with Gasteiger partial charge in [0.2, 0.25) is 5.13 Å². The number of nitrogens with one attached hydrogen (secondary N) is 1. The number of benzene rings is 3. The lowest BCUT2D eigenvalue weighted by Crippen LogP contribution is -2.13. The monoisotopic (exact) mass is 444 g/mol. The number of rotatable bonds is 6. The molecule has 0 unspecified atom stereocenters. The second kappa shape index (κ2) is 8.71. The van der Waals surface area contributed by atoms with Gasteiger partial charge in [0, 0.05) is 16.9 Å². The molecular weight excluding hydrogens is 428 g/mol. The van der Waals surface area contributed by atoms with Gasteiger partial charge in [0.15, 0.2) is 5.58 Å². The summed E-state index contributed by atoms with van der Waals surface area (Å²) < 4.78 is 5.77. The van der Waals surface area contributed by atoms with Crippen molar-refractivity contribution in [1.29, 1.82) is 0 Å². The molecule has 0 spiro atoms. The highest BCUT2D eigenvalue weighted by Crippen LogP contribution is 2.29. The maximum absolute atomic E-state index is 12.9. The average molecular weight is 445 g/mol. The number of hydrogen-bond donors (Lipinski definition) is 1. The molecule has 0 aliphatic rings. The number of hydrogen-bond acceptors (Lipinski definition) is 7. The van der Waals surface area contributed by atoms with Crippen molar-refractivity contribution in [3.63, 3.8) is 0 Å². The zero-order valence-corrected chi connectivity index (χ0v) is 17.8. The van der Waals surface area contributed by atoms with Crippen LogP contribution < -0.4 is 5.32 Å². The van der Waals surface area contributed by atoms with Crippen molar-refractivity contribution < 1.29 is 9.21 Å². The first-order chi connectivity index (χ1) is 15.3. The van der Waals surface area contributed by atoms with E-state index in [1.807, 2.05) is 72.8 Å². The van der Waals surface area contributed by atoms with E-state index >= 15 is 0 Å². The predicted molar refractivity (Wildman–Crippen MR) is 123 cm³/mol. The van der Waals surface area contributed by atoms with Crippen LogP contribution in [-0.4, -0.2) is 21.1 Å².